The van der Waals surface area contributed by atoms with Crippen LogP contribution in [0.2, 0.25) is 0 Å². The van der Waals surface area contributed by atoms with Gasteiger partial charge in [0.2, 0.25) is 0 Å². The molecule has 14 rings (SSSR count). The maximum Gasteiger partial charge on any atom is 0.163 e. The molecule has 0 unspecified atom stereocenters. The predicted octanol–water partition coefficient (Wildman–Crippen LogP) is 18.4. The molecule has 0 aliphatic heterocycles. The van der Waals surface area contributed by atoms with Crippen LogP contribution in [-0.2, 0) is 6.42 Å². The normalized spacial score (nSPS) is 12.2. The van der Waals surface area contributed by atoms with E-state index >= 15 is 0 Å². The Kier molecular flexibility index (Phi) is 11.4. The zero-order valence-electron chi connectivity index (χ0n) is 43.2. The largest absolute Gasteiger partial charge is 0.456 e. The molecule has 0 saturated carbocycles. The van der Waals surface area contributed by atoms with Crippen LogP contribution < -0.4 is 0 Å². The van der Waals surface area contributed by atoms with Crippen LogP contribution >= 0.6 is 0 Å². The lowest BCUT2D eigenvalue weighted by molar-refractivity contribution is 0.669. The van der Waals surface area contributed by atoms with Gasteiger partial charge in [-0.2, -0.15) is 0 Å². The maximum absolute atomic E-state index is 8.92. The van der Waals surface area contributed by atoms with Crippen molar-refractivity contribution in [2.75, 3.05) is 0 Å². The van der Waals surface area contributed by atoms with Crippen molar-refractivity contribution in [1.82, 2.24) is 9.13 Å². The van der Waals surface area contributed by atoms with Crippen molar-refractivity contribution in [3.63, 3.8) is 0 Å². The average molecular weight is 1000 g/mol. The van der Waals surface area contributed by atoms with E-state index in [0.29, 0.717) is 5.84 Å². The minimum absolute atomic E-state index is 0.154. The van der Waals surface area contributed by atoms with Crippen LogP contribution in [0.4, 0.5) is 0 Å². The van der Waals surface area contributed by atoms with Gasteiger partial charge >= 0.3 is 0 Å². The Hall–Kier alpha value is -10.2. The molecule has 0 atom stereocenters. The van der Waals surface area contributed by atoms with Crippen molar-refractivity contribution in [2.24, 2.45) is 9.98 Å². The zero-order valence-corrected chi connectivity index (χ0v) is 43.2. The molecular weight excluding hydrogens is 951 g/mol. The van der Waals surface area contributed by atoms with E-state index in [1.54, 1.807) is 0 Å². The number of aliphatic imine (C=N–C) groups is 2. The highest BCUT2D eigenvalue weighted by Gasteiger charge is 2.23. The quantitative estimate of drug-likeness (QED) is 0.120. The van der Waals surface area contributed by atoms with Gasteiger partial charge in [-0.3, -0.25) is 9.98 Å². The van der Waals surface area contributed by atoms with Gasteiger partial charge in [0, 0.05) is 55.6 Å². The molecule has 0 bridgehead atoms. The fourth-order valence-electron chi connectivity index (χ4n) is 11.8. The monoisotopic (exact) mass is 1000 g/mol. The summed E-state index contributed by atoms with van der Waals surface area (Å²) < 4.78 is 11.4. The molecule has 0 aliphatic carbocycles. The van der Waals surface area contributed by atoms with Gasteiger partial charge in [0.15, 0.2) is 11.7 Å². The van der Waals surface area contributed by atoms with Gasteiger partial charge in [-0.1, -0.05) is 194 Å². The Labute approximate surface area is 451 Å². The first-order chi connectivity index (χ1) is 38.4. The van der Waals surface area contributed by atoms with Gasteiger partial charge in [0.1, 0.15) is 17.0 Å². The van der Waals surface area contributed by atoms with Crippen molar-refractivity contribution in [3.8, 4) is 39.1 Å². The number of furan rings is 1. The average Bonchev–Trinajstić information content (AvgIpc) is 4.19. The van der Waals surface area contributed by atoms with Gasteiger partial charge in [-0.05, 0) is 125 Å². The molecule has 6 nitrogen and oxygen atoms in total. The molecule has 370 valence electrons. The predicted molar refractivity (Wildman–Crippen MR) is 326 cm³/mol. The fraction of sp³-hybridized carbons (Fsp3) is 0.0417. The highest BCUT2D eigenvalue weighted by atomic mass is 16.3. The lowest BCUT2D eigenvalue weighted by atomic mass is 9.90. The molecule has 14 aromatic rings. The molecule has 1 N–H and O–H groups in total. The molecule has 6 heteroatoms. The van der Waals surface area contributed by atoms with E-state index in [9.17, 15) is 0 Å². The van der Waals surface area contributed by atoms with Gasteiger partial charge < -0.3 is 8.98 Å². The van der Waals surface area contributed by atoms with E-state index in [4.69, 9.17) is 19.8 Å². The van der Waals surface area contributed by atoms with E-state index in [0.717, 1.165) is 101 Å². The summed E-state index contributed by atoms with van der Waals surface area (Å²) in [6.45, 7) is 4.23. The van der Waals surface area contributed by atoms with Crippen molar-refractivity contribution in [2.45, 2.75) is 20.3 Å². The standard InChI is InChI=1S/C72H51N5O/c1-46-20-15-16-29-55(46)57-37-38-59-61-45-53(35-40-66(61)77(54-27-13-6-14-28-54)70(59)62(57)42-48-21-7-3-8-22-48)56-31-19-33-68-69(56)63-44-52(36-41-67(63)78-68)51-34-39-65-60(43-51)58-30-17-18-32-64(58)76(65)47(2)74-72(50-25-11-5-12-26-50)75-71(73)49-23-9-4-10-24-49/h3-41,43-45,73H,42H2,1-2H3/b73-71?,74-47+,75-72-. The summed E-state index contributed by atoms with van der Waals surface area (Å²) in [5.41, 5.74) is 19.6. The van der Waals surface area contributed by atoms with Crippen LogP contribution in [0.5, 0.6) is 0 Å². The number of amidine groups is 2. The fourth-order valence-corrected chi connectivity index (χ4v) is 11.8. The smallest absolute Gasteiger partial charge is 0.163 e. The summed E-state index contributed by atoms with van der Waals surface area (Å²) in [6.07, 6.45) is 0.789. The number of hydrogen-bond donors (Lipinski definition) is 1. The first kappa shape index (κ1) is 46.4. The third-order valence-electron chi connectivity index (χ3n) is 15.4. The molecule has 0 spiro atoms. The Morgan fingerprint density at radius 2 is 1.05 bits per heavy atom. The molecule has 0 aliphatic rings. The van der Waals surface area contributed by atoms with E-state index in [2.05, 4.69) is 210 Å². The molecule has 3 aromatic heterocycles. The summed E-state index contributed by atoms with van der Waals surface area (Å²) in [4.78, 5) is 9.99. The number of benzene rings is 11. The Bertz CT molecular complexity index is 4720. The minimum atomic E-state index is 0.154. The molecule has 3 heterocycles. The van der Waals surface area contributed by atoms with Gasteiger partial charge in [0.25, 0.3) is 0 Å². The molecule has 78 heavy (non-hydrogen) atoms. The van der Waals surface area contributed by atoms with E-state index in [1.165, 1.54) is 44.1 Å². The second-order valence-electron chi connectivity index (χ2n) is 20.1. The van der Waals surface area contributed by atoms with Gasteiger partial charge in [0.05, 0.1) is 22.1 Å². The van der Waals surface area contributed by atoms with Gasteiger partial charge in [-0.15, -0.1) is 0 Å². The van der Waals surface area contributed by atoms with E-state index < -0.39 is 0 Å². The number of para-hydroxylation sites is 2. The number of aryl methyl sites for hydroxylation is 1. The molecule has 0 fully saturated rings. The highest BCUT2D eigenvalue weighted by Crippen LogP contribution is 2.44. The first-order valence-corrected chi connectivity index (χ1v) is 26.5. The summed E-state index contributed by atoms with van der Waals surface area (Å²) >= 11 is 0. The van der Waals surface area contributed by atoms with Crippen molar-refractivity contribution in [3.05, 3.63) is 283 Å². The summed E-state index contributed by atoms with van der Waals surface area (Å²) in [5.74, 6) is 1.38. The Balaban J connectivity index is 0.902. The third kappa shape index (κ3) is 8.01. The summed E-state index contributed by atoms with van der Waals surface area (Å²) in [6, 6.07) is 89.8. The second-order valence-corrected chi connectivity index (χ2v) is 20.1. The van der Waals surface area contributed by atoms with Crippen LogP contribution in [0, 0.1) is 12.3 Å². The minimum Gasteiger partial charge on any atom is -0.456 e. The molecule has 11 aromatic carbocycles. The third-order valence-corrected chi connectivity index (χ3v) is 15.4. The molecule has 0 saturated heterocycles. The molecule has 0 radical (unpaired) electrons. The summed E-state index contributed by atoms with van der Waals surface area (Å²) in [7, 11) is 0. The van der Waals surface area contributed by atoms with E-state index in [1.807, 2.05) is 67.6 Å². The highest BCUT2D eigenvalue weighted by molar-refractivity contribution is 6.20. The second kappa shape index (κ2) is 19.2. The zero-order chi connectivity index (χ0) is 52.3. The van der Waals surface area contributed by atoms with Gasteiger partial charge in [-0.25, -0.2) is 9.98 Å². The first-order valence-electron chi connectivity index (χ1n) is 26.5. The number of fused-ring (bicyclic) bond motifs is 9. The van der Waals surface area contributed by atoms with Crippen molar-refractivity contribution < 1.29 is 4.42 Å². The maximum atomic E-state index is 8.92. The van der Waals surface area contributed by atoms with Crippen LogP contribution in [-0.4, -0.2) is 26.6 Å². The number of rotatable bonds is 8. The lowest BCUT2D eigenvalue weighted by Gasteiger charge is -2.17. The number of nitrogens with zero attached hydrogens (tertiary/aromatic N) is 4. The number of hydrogen-bond acceptors (Lipinski definition) is 2. The van der Waals surface area contributed by atoms with Crippen molar-refractivity contribution >= 4 is 83.1 Å². The SMILES string of the molecule is C/C(=N\C(=N/C(=N)c1ccccc1)c1ccccc1)n1c2ccccc2c2cc(-c3ccc4oc5cccc(-c6ccc7c(c6)c6ccc(-c8ccccc8C)c(Cc8ccccc8)c6n7-c6ccccc6)c5c4c3)ccc21. The Morgan fingerprint density at radius 3 is 1.83 bits per heavy atom. The number of aromatic nitrogens is 2. The van der Waals surface area contributed by atoms with E-state index in [-0.39, 0.29) is 5.84 Å². The Morgan fingerprint density at radius 1 is 0.449 bits per heavy atom. The summed E-state index contributed by atoms with van der Waals surface area (Å²) in [5, 5.41) is 15.7. The van der Waals surface area contributed by atoms with Crippen LogP contribution in [0.3, 0.4) is 0 Å². The number of nitrogens with one attached hydrogen (secondary N) is 1. The molecular formula is C72H51N5O. The molecule has 0 amide bonds. The van der Waals surface area contributed by atoms with Crippen molar-refractivity contribution in [1.29, 1.82) is 5.41 Å². The topological polar surface area (TPSA) is 71.6 Å². The van der Waals surface area contributed by atoms with Crippen LogP contribution in [0.25, 0.3) is 105 Å². The lowest BCUT2D eigenvalue weighted by Crippen LogP contribution is -2.12. The van der Waals surface area contributed by atoms with Crippen LogP contribution in [0.1, 0.15) is 34.7 Å². The van der Waals surface area contributed by atoms with Crippen LogP contribution in [0.15, 0.2) is 269 Å².